The maximum absolute atomic E-state index is 10.9. The second kappa shape index (κ2) is 4.74. The van der Waals surface area contributed by atoms with Crippen molar-refractivity contribution in [1.29, 1.82) is 0 Å². The molecule has 0 aliphatic carbocycles. The lowest BCUT2D eigenvalue weighted by molar-refractivity contribution is -0.149. The molecule has 4 nitrogen and oxygen atoms in total. The molecule has 70 valence electrons. The molecule has 0 aliphatic rings. The first-order valence-electron chi connectivity index (χ1n) is 4.04. The fourth-order valence-corrected chi connectivity index (χ4v) is 1.19. The van der Waals surface area contributed by atoms with Crippen molar-refractivity contribution in [2.45, 2.75) is 33.2 Å². The van der Waals surface area contributed by atoms with Crippen LogP contribution in [0.3, 0.4) is 0 Å². The number of hydrogen-bond acceptors (Lipinski definition) is 2. The standard InChI is InChI=1S/C8H15NO3/c1-4-7(8(11)12)9(5-2)6(3)10/h7H,4-5H2,1-3H3,(H,11,12). The first kappa shape index (κ1) is 10.9. The third-order valence-corrected chi connectivity index (χ3v) is 1.79. The fraction of sp³-hybridized carbons (Fsp3) is 0.750. The van der Waals surface area contributed by atoms with E-state index < -0.39 is 12.0 Å². The quantitative estimate of drug-likeness (QED) is 0.681. The Labute approximate surface area is 72.2 Å². The van der Waals surface area contributed by atoms with Gasteiger partial charge in [-0.2, -0.15) is 0 Å². The second-order valence-corrected chi connectivity index (χ2v) is 2.57. The number of nitrogens with zero attached hydrogens (tertiary/aromatic N) is 1. The Morgan fingerprint density at radius 3 is 2.00 bits per heavy atom. The van der Waals surface area contributed by atoms with Crippen LogP contribution in [-0.2, 0) is 9.59 Å². The van der Waals surface area contributed by atoms with Crippen molar-refractivity contribution in [3.8, 4) is 0 Å². The molecule has 1 atom stereocenters. The van der Waals surface area contributed by atoms with E-state index in [4.69, 9.17) is 5.11 Å². The molecular weight excluding hydrogens is 158 g/mol. The zero-order chi connectivity index (χ0) is 9.72. The molecule has 1 N–H and O–H groups in total. The molecule has 0 aromatic rings. The van der Waals surface area contributed by atoms with Crippen molar-refractivity contribution < 1.29 is 14.7 Å². The fourth-order valence-electron chi connectivity index (χ4n) is 1.19. The molecule has 0 fully saturated rings. The molecule has 0 radical (unpaired) electrons. The van der Waals surface area contributed by atoms with Gasteiger partial charge in [0.25, 0.3) is 0 Å². The van der Waals surface area contributed by atoms with Gasteiger partial charge in [0.1, 0.15) is 6.04 Å². The molecule has 1 amide bonds. The van der Waals surface area contributed by atoms with Crippen molar-refractivity contribution in [2.75, 3.05) is 6.54 Å². The molecule has 0 spiro atoms. The monoisotopic (exact) mass is 173 g/mol. The van der Waals surface area contributed by atoms with Crippen LogP contribution in [0, 0.1) is 0 Å². The lowest BCUT2D eigenvalue weighted by Crippen LogP contribution is -2.43. The number of carbonyl (C=O) groups is 2. The number of carbonyl (C=O) groups excluding carboxylic acids is 1. The van der Waals surface area contributed by atoms with Gasteiger partial charge in [-0.15, -0.1) is 0 Å². The summed E-state index contributed by atoms with van der Waals surface area (Å²) in [5.74, 6) is -1.12. The minimum absolute atomic E-state index is 0.188. The Balaban J connectivity index is 4.44. The highest BCUT2D eigenvalue weighted by molar-refractivity contribution is 5.82. The van der Waals surface area contributed by atoms with Crippen molar-refractivity contribution in [1.82, 2.24) is 4.90 Å². The Hall–Kier alpha value is -1.06. The third-order valence-electron chi connectivity index (χ3n) is 1.79. The number of carboxylic acids is 1. The lowest BCUT2D eigenvalue weighted by atomic mass is 10.2. The molecule has 1 unspecified atom stereocenters. The van der Waals surface area contributed by atoms with Crippen molar-refractivity contribution in [3.05, 3.63) is 0 Å². The van der Waals surface area contributed by atoms with Crippen LogP contribution >= 0.6 is 0 Å². The van der Waals surface area contributed by atoms with Crippen LogP contribution in [-0.4, -0.2) is 34.5 Å². The predicted octanol–water partition coefficient (Wildman–Crippen LogP) is 0.718. The van der Waals surface area contributed by atoms with E-state index in [1.54, 1.807) is 13.8 Å². The molecule has 0 aromatic carbocycles. The molecule has 0 heterocycles. The average molecular weight is 173 g/mol. The number of likely N-dealkylation sites (N-methyl/N-ethyl adjacent to an activating group) is 1. The zero-order valence-electron chi connectivity index (χ0n) is 7.70. The van der Waals surface area contributed by atoms with Crippen LogP contribution in [0.15, 0.2) is 0 Å². The summed E-state index contributed by atoms with van der Waals surface area (Å²) < 4.78 is 0. The number of aliphatic carboxylic acids is 1. The zero-order valence-corrected chi connectivity index (χ0v) is 7.70. The van der Waals surface area contributed by atoms with E-state index in [0.717, 1.165) is 0 Å². The Bertz CT molecular complexity index is 159. The second-order valence-electron chi connectivity index (χ2n) is 2.57. The van der Waals surface area contributed by atoms with Crippen molar-refractivity contribution in [2.24, 2.45) is 0 Å². The summed E-state index contributed by atoms with van der Waals surface area (Å²) in [7, 11) is 0. The molecule has 0 saturated heterocycles. The summed E-state index contributed by atoms with van der Waals surface area (Å²) in [6.45, 7) is 5.35. The van der Waals surface area contributed by atoms with Gasteiger partial charge in [0.2, 0.25) is 5.91 Å². The van der Waals surface area contributed by atoms with Gasteiger partial charge in [-0.1, -0.05) is 6.92 Å². The van der Waals surface area contributed by atoms with Crippen LogP contribution in [0.25, 0.3) is 0 Å². The summed E-state index contributed by atoms with van der Waals surface area (Å²) in [6, 6.07) is -0.674. The Morgan fingerprint density at radius 2 is 1.92 bits per heavy atom. The molecule has 0 rings (SSSR count). The van der Waals surface area contributed by atoms with Crippen LogP contribution in [0.5, 0.6) is 0 Å². The maximum atomic E-state index is 10.9. The topological polar surface area (TPSA) is 57.6 Å². The van der Waals surface area contributed by atoms with Crippen LogP contribution in [0.4, 0.5) is 0 Å². The molecule has 0 bridgehead atoms. The first-order valence-corrected chi connectivity index (χ1v) is 4.04. The van der Waals surface area contributed by atoms with Gasteiger partial charge in [-0.25, -0.2) is 4.79 Å². The summed E-state index contributed by atoms with van der Waals surface area (Å²) >= 11 is 0. The van der Waals surface area contributed by atoms with Gasteiger partial charge < -0.3 is 10.0 Å². The van der Waals surface area contributed by atoms with Gasteiger partial charge in [0.05, 0.1) is 0 Å². The van der Waals surface area contributed by atoms with E-state index in [2.05, 4.69) is 0 Å². The normalized spacial score (nSPS) is 12.2. The minimum Gasteiger partial charge on any atom is -0.480 e. The molecule has 0 saturated carbocycles. The van der Waals surface area contributed by atoms with Gasteiger partial charge in [0.15, 0.2) is 0 Å². The number of hydrogen-bond donors (Lipinski definition) is 1. The van der Waals surface area contributed by atoms with E-state index >= 15 is 0 Å². The average Bonchev–Trinajstić information content (AvgIpc) is 1.98. The van der Waals surface area contributed by atoms with Crippen molar-refractivity contribution in [3.63, 3.8) is 0 Å². The maximum Gasteiger partial charge on any atom is 0.326 e. The van der Waals surface area contributed by atoms with E-state index in [0.29, 0.717) is 13.0 Å². The highest BCUT2D eigenvalue weighted by atomic mass is 16.4. The molecule has 0 aliphatic heterocycles. The summed E-state index contributed by atoms with van der Waals surface area (Å²) in [6.07, 6.45) is 0.447. The summed E-state index contributed by atoms with van der Waals surface area (Å²) in [4.78, 5) is 22.9. The minimum atomic E-state index is -0.936. The largest absolute Gasteiger partial charge is 0.480 e. The number of carboxylic acid groups (broad SMARTS) is 1. The van der Waals surface area contributed by atoms with E-state index in [1.807, 2.05) is 0 Å². The van der Waals surface area contributed by atoms with Crippen LogP contribution < -0.4 is 0 Å². The van der Waals surface area contributed by atoms with Crippen LogP contribution in [0.2, 0.25) is 0 Å². The van der Waals surface area contributed by atoms with E-state index in [1.165, 1.54) is 11.8 Å². The van der Waals surface area contributed by atoms with Gasteiger partial charge in [0, 0.05) is 13.5 Å². The smallest absolute Gasteiger partial charge is 0.326 e. The molecular formula is C8H15NO3. The molecule has 0 aromatic heterocycles. The van der Waals surface area contributed by atoms with Gasteiger partial charge >= 0.3 is 5.97 Å². The Morgan fingerprint density at radius 1 is 1.42 bits per heavy atom. The Kier molecular flexibility index (Phi) is 4.33. The predicted molar refractivity (Wildman–Crippen MR) is 44.8 cm³/mol. The SMILES string of the molecule is CCC(C(=O)O)N(CC)C(C)=O. The van der Waals surface area contributed by atoms with Crippen LogP contribution in [0.1, 0.15) is 27.2 Å². The lowest BCUT2D eigenvalue weighted by Gasteiger charge is -2.25. The molecule has 12 heavy (non-hydrogen) atoms. The van der Waals surface area contributed by atoms with E-state index in [-0.39, 0.29) is 5.91 Å². The highest BCUT2D eigenvalue weighted by Crippen LogP contribution is 2.04. The number of rotatable bonds is 4. The van der Waals surface area contributed by atoms with E-state index in [9.17, 15) is 9.59 Å². The first-order chi connectivity index (χ1) is 5.54. The van der Waals surface area contributed by atoms with Gasteiger partial charge in [-0.3, -0.25) is 4.79 Å². The summed E-state index contributed by atoms with van der Waals surface area (Å²) in [5, 5.41) is 8.73. The third kappa shape index (κ3) is 2.53. The molecule has 4 heteroatoms. The highest BCUT2D eigenvalue weighted by Gasteiger charge is 2.23. The van der Waals surface area contributed by atoms with Gasteiger partial charge in [-0.05, 0) is 13.3 Å². The summed E-state index contributed by atoms with van der Waals surface area (Å²) in [5.41, 5.74) is 0. The van der Waals surface area contributed by atoms with Crippen molar-refractivity contribution >= 4 is 11.9 Å². The number of amides is 1.